The second kappa shape index (κ2) is 2.53. The summed E-state index contributed by atoms with van der Waals surface area (Å²) in [6.07, 6.45) is 2.61. The predicted octanol–water partition coefficient (Wildman–Crippen LogP) is 0.742. The van der Waals surface area contributed by atoms with E-state index in [2.05, 4.69) is 15.2 Å². The second-order valence-electron chi connectivity index (χ2n) is 1.85. The zero-order valence-electron chi connectivity index (χ0n) is 5.63. The minimum atomic E-state index is 0.745. The van der Waals surface area contributed by atoms with Crippen LogP contribution in [0, 0.1) is 6.92 Å². The molecule has 0 aromatic carbocycles. The van der Waals surface area contributed by atoms with Crippen LogP contribution in [0.1, 0.15) is 18.4 Å². The zero-order chi connectivity index (χ0) is 6.69. The van der Waals surface area contributed by atoms with Gasteiger partial charge >= 0.3 is 0 Å². The van der Waals surface area contributed by atoms with E-state index in [1.54, 1.807) is 6.20 Å². The van der Waals surface area contributed by atoms with Crippen LogP contribution in [0.5, 0.6) is 0 Å². The Morgan fingerprint density at radius 2 is 2.33 bits per heavy atom. The summed E-state index contributed by atoms with van der Waals surface area (Å²) in [5, 5.41) is 7.47. The van der Waals surface area contributed by atoms with Gasteiger partial charge in [0, 0.05) is 0 Å². The van der Waals surface area contributed by atoms with Crippen LogP contribution in [-0.2, 0) is 6.42 Å². The molecule has 0 aliphatic heterocycles. The second-order valence-corrected chi connectivity index (χ2v) is 1.85. The van der Waals surface area contributed by atoms with Gasteiger partial charge in [0.05, 0.1) is 11.9 Å². The van der Waals surface area contributed by atoms with Crippen LogP contribution in [0.3, 0.4) is 0 Å². The Kier molecular flexibility index (Phi) is 1.72. The highest BCUT2D eigenvalue weighted by atomic mass is 15.1. The average molecular weight is 123 g/mol. The number of hydrogen-bond donors (Lipinski definition) is 0. The van der Waals surface area contributed by atoms with E-state index in [1.807, 2.05) is 13.8 Å². The monoisotopic (exact) mass is 123 g/mol. The van der Waals surface area contributed by atoms with Crippen molar-refractivity contribution in [2.75, 3.05) is 0 Å². The fourth-order valence-electron chi connectivity index (χ4n) is 0.608. The molecule has 0 amide bonds. The summed E-state index contributed by atoms with van der Waals surface area (Å²) in [5.41, 5.74) is 1.00. The molecule has 1 heterocycles. The predicted molar refractivity (Wildman–Crippen MR) is 33.9 cm³/mol. The van der Waals surface area contributed by atoms with Crippen molar-refractivity contribution in [2.24, 2.45) is 0 Å². The Balaban J connectivity index is 2.94. The van der Waals surface area contributed by atoms with Gasteiger partial charge in [0.25, 0.3) is 0 Å². The smallest absolute Gasteiger partial charge is 0.148 e. The van der Waals surface area contributed by atoms with Crippen LogP contribution in [0.2, 0.25) is 0 Å². The normalized spacial score (nSPS) is 9.56. The molecule has 0 bridgehead atoms. The van der Waals surface area contributed by atoms with E-state index in [9.17, 15) is 0 Å². The third-order valence-corrected chi connectivity index (χ3v) is 1.08. The maximum Gasteiger partial charge on any atom is 0.148 e. The number of aromatic nitrogens is 3. The Hall–Kier alpha value is -0.990. The molecule has 0 radical (unpaired) electrons. The third-order valence-electron chi connectivity index (χ3n) is 1.08. The molecule has 3 nitrogen and oxygen atoms in total. The SMILES string of the molecule is CCc1cnnc(C)n1. The van der Waals surface area contributed by atoms with Crippen molar-refractivity contribution in [1.82, 2.24) is 15.2 Å². The van der Waals surface area contributed by atoms with Gasteiger partial charge in [-0.2, -0.15) is 5.10 Å². The molecular weight excluding hydrogens is 114 g/mol. The fourth-order valence-corrected chi connectivity index (χ4v) is 0.608. The van der Waals surface area contributed by atoms with Gasteiger partial charge in [0.2, 0.25) is 0 Å². The van der Waals surface area contributed by atoms with Crippen LogP contribution >= 0.6 is 0 Å². The summed E-state index contributed by atoms with van der Waals surface area (Å²) in [7, 11) is 0. The van der Waals surface area contributed by atoms with Gasteiger partial charge in [-0.15, -0.1) is 5.10 Å². The first-order valence-corrected chi connectivity index (χ1v) is 2.98. The van der Waals surface area contributed by atoms with Gasteiger partial charge in [-0.1, -0.05) is 6.92 Å². The summed E-state index contributed by atoms with van der Waals surface area (Å²) in [5.74, 6) is 0.745. The van der Waals surface area contributed by atoms with Crippen molar-refractivity contribution in [1.29, 1.82) is 0 Å². The lowest BCUT2D eigenvalue weighted by molar-refractivity contribution is 0.853. The summed E-state index contributed by atoms with van der Waals surface area (Å²) < 4.78 is 0. The minimum Gasteiger partial charge on any atom is -0.235 e. The molecule has 0 saturated heterocycles. The molecule has 0 aliphatic rings. The molecule has 3 heteroatoms. The molecule has 0 spiro atoms. The van der Waals surface area contributed by atoms with Crippen molar-refractivity contribution >= 4 is 0 Å². The first-order chi connectivity index (χ1) is 4.33. The van der Waals surface area contributed by atoms with Gasteiger partial charge in [0.1, 0.15) is 5.82 Å². The minimum absolute atomic E-state index is 0.745. The standard InChI is InChI=1S/C6H9N3/c1-3-6-4-7-9-5(2)8-6/h4H,3H2,1-2H3. The van der Waals surface area contributed by atoms with Crippen LogP contribution in [0.15, 0.2) is 6.20 Å². The Morgan fingerprint density at radius 1 is 1.56 bits per heavy atom. The molecule has 1 aromatic rings. The van der Waals surface area contributed by atoms with Gasteiger partial charge < -0.3 is 0 Å². The largest absolute Gasteiger partial charge is 0.235 e. The molecule has 1 rings (SSSR count). The summed E-state index contributed by atoms with van der Waals surface area (Å²) >= 11 is 0. The molecule has 0 unspecified atom stereocenters. The van der Waals surface area contributed by atoms with E-state index in [-0.39, 0.29) is 0 Å². The number of nitrogens with zero attached hydrogens (tertiary/aromatic N) is 3. The van der Waals surface area contributed by atoms with Crippen molar-refractivity contribution in [3.8, 4) is 0 Å². The lowest BCUT2D eigenvalue weighted by atomic mass is 10.4. The van der Waals surface area contributed by atoms with Crippen molar-refractivity contribution in [2.45, 2.75) is 20.3 Å². The van der Waals surface area contributed by atoms with Crippen LogP contribution in [0.25, 0.3) is 0 Å². The van der Waals surface area contributed by atoms with E-state index in [0.717, 1.165) is 17.9 Å². The van der Waals surface area contributed by atoms with Crippen molar-refractivity contribution in [3.63, 3.8) is 0 Å². The number of aryl methyl sites for hydroxylation is 2. The zero-order valence-corrected chi connectivity index (χ0v) is 5.63. The Bertz CT molecular complexity index is 197. The van der Waals surface area contributed by atoms with Gasteiger partial charge in [-0.3, -0.25) is 0 Å². The van der Waals surface area contributed by atoms with E-state index in [1.165, 1.54) is 0 Å². The van der Waals surface area contributed by atoms with Gasteiger partial charge in [0.15, 0.2) is 0 Å². The highest BCUT2D eigenvalue weighted by Crippen LogP contribution is 1.90. The molecule has 1 aromatic heterocycles. The highest BCUT2D eigenvalue weighted by molar-refractivity contribution is 4.93. The fraction of sp³-hybridized carbons (Fsp3) is 0.500. The number of rotatable bonds is 1. The summed E-state index contributed by atoms with van der Waals surface area (Å²) in [6, 6.07) is 0. The quantitative estimate of drug-likeness (QED) is 0.553. The first kappa shape index (κ1) is 6.13. The van der Waals surface area contributed by atoms with Crippen LogP contribution < -0.4 is 0 Å². The number of hydrogen-bond acceptors (Lipinski definition) is 3. The Labute approximate surface area is 54.2 Å². The topological polar surface area (TPSA) is 38.7 Å². The molecule has 48 valence electrons. The van der Waals surface area contributed by atoms with E-state index < -0.39 is 0 Å². The van der Waals surface area contributed by atoms with Crippen LogP contribution in [-0.4, -0.2) is 15.2 Å². The maximum atomic E-state index is 4.12. The van der Waals surface area contributed by atoms with Gasteiger partial charge in [-0.25, -0.2) is 4.98 Å². The summed E-state index contributed by atoms with van der Waals surface area (Å²) in [6.45, 7) is 3.88. The maximum absolute atomic E-state index is 4.12. The average Bonchev–Trinajstić information content (AvgIpc) is 1.88. The molecule has 0 N–H and O–H groups in total. The lowest BCUT2D eigenvalue weighted by Gasteiger charge is -1.92. The van der Waals surface area contributed by atoms with Gasteiger partial charge in [-0.05, 0) is 13.3 Å². The molecule has 0 fully saturated rings. The highest BCUT2D eigenvalue weighted by Gasteiger charge is 1.90. The van der Waals surface area contributed by atoms with E-state index >= 15 is 0 Å². The first-order valence-electron chi connectivity index (χ1n) is 2.98. The van der Waals surface area contributed by atoms with Crippen molar-refractivity contribution < 1.29 is 0 Å². The lowest BCUT2D eigenvalue weighted by Crippen LogP contribution is -1.94. The van der Waals surface area contributed by atoms with Crippen LogP contribution in [0.4, 0.5) is 0 Å². The molecular formula is C6H9N3. The molecule has 0 atom stereocenters. The molecule has 0 saturated carbocycles. The Morgan fingerprint density at radius 3 is 2.78 bits per heavy atom. The summed E-state index contributed by atoms with van der Waals surface area (Å²) in [4.78, 5) is 4.12. The third kappa shape index (κ3) is 1.45. The molecule has 0 aliphatic carbocycles. The molecule has 9 heavy (non-hydrogen) atoms. The van der Waals surface area contributed by atoms with Crippen molar-refractivity contribution in [3.05, 3.63) is 17.7 Å². The van der Waals surface area contributed by atoms with E-state index in [0.29, 0.717) is 0 Å². The van der Waals surface area contributed by atoms with E-state index in [4.69, 9.17) is 0 Å².